The van der Waals surface area contributed by atoms with Gasteiger partial charge in [0.15, 0.2) is 0 Å². The van der Waals surface area contributed by atoms with Crippen LogP contribution in [0.2, 0.25) is 0 Å². The molecule has 0 spiro atoms. The number of nitrogens with zero attached hydrogens (tertiary/aromatic N) is 2. The van der Waals surface area contributed by atoms with Gasteiger partial charge < -0.3 is 0 Å². The summed E-state index contributed by atoms with van der Waals surface area (Å²) in [6.45, 7) is 7.40. The number of aryl methyl sites for hydroxylation is 1. The molecule has 15 heavy (non-hydrogen) atoms. The molecule has 1 rings (SSSR count). The van der Waals surface area contributed by atoms with E-state index in [1.807, 2.05) is 16.9 Å². The van der Waals surface area contributed by atoms with Gasteiger partial charge in [0, 0.05) is 12.7 Å². The van der Waals surface area contributed by atoms with Crippen LogP contribution in [0, 0.1) is 5.92 Å². The van der Waals surface area contributed by atoms with E-state index in [9.17, 15) is 0 Å². The van der Waals surface area contributed by atoms with E-state index in [1.54, 1.807) is 0 Å². The maximum Gasteiger partial charge on any atom is 0.0654 e. The zero-order chi connectivity index (χ0) is 11.3. The summed E-state index contributed by atoms with van der Waals surface area (Å²) in [4.78, 5) is 0. The summed E-state index contributed by atoms with van der Waals surface area (Å²) >= 11 is 0. The number of hydrazine groups is 1. The second kappa shape index (κ2) is 5.88. The van der Waals surface area contributed by atoms with Crippen molar-refractivity contribution < 1.29 is 0 Å². The highest BCUT2D eigenvalue weighted by Gasteiger charge is 2.20. The number of rotatable bonds is 6. The van der Waals surface area contributed by atoms with Crippen LogP contribution in [0.15, 0.2) is 12.3 Å². The molecule has 2 atom stereocenters. The van der Waals surface area contributed by atoms with Crippen molar-refractivity contribution in [3.63, 3.8) is 0 Å². The number of hydrogen-bond donors (Lipinski definition) is 2. The van der Waals surface area contributed by atoms with Crippen molar-refractivity contribution in [1.82, 2.24) is 15.2 Å². The van der Waals surface area contributed by atoms with Gasteiger partial charge >= 0.3 is 0 Å². The minimum Gasteiger partial charge on any atom is -0.271 e. The lowest BCUT2D eigenvalue weighted by Gasteiger charge is -2.23. The summed E-state index contributed by atoms with van der Waals surface area (Å²) < 4.78 is 2.00. The fourth-order valence-corrected chi connectivity index (χ4v) is 2.03. The smallest absolute Gasteiger partial charge is 0.0654 e. The molecule has 0 aromatic carbocycles. The molecule has 2 unspecified atom stereocenters. The quantitative estimate of drug-likeness (QED) is 0.556. The molecule has 1 aromatic rings. The molecule has 0 saturated carbocycles. The van der Waals surface area contributed by atoms with Crippen LogP contribution in [0.5, 0.6) is 0 Å². The van der Waals surface area contributed by atoms with Crippen LogP contribution in [-0.2, 0) is 6.54 Å². The maximum absolute atomic E-state index is 5.63. The van der Waals surface area contributed by atoms with Crippen LogP contribution in [0.4, 0.5) is 0 Å². The number of hydrogen-bond acceptors (Lipinski definition) is 3. The zero-order valence-corrected chi connectivity index (χ0v) is 9.90. The van der Waals surface area contributed by atoms with E-state index < -0.39 is 0 Å². The molecule has 1 heterocycles. The van der Waals surface area contributed by atoms with E-state index in [2.05, 4.69) is 31.3 Å². The summed E-state index contributed by atoms with van der Waals surface area (Å²) in [5.41, 5.74) is 4.08. The van der Waals surface area contributed by atoms with Crippen molar-refractivity contribution in [2.24, 2.45) is 11.8 Å². The van der Waals surface area contributed by atoms with Crippen molar-refractivity contribution in [2.75, 3.05) is 0 Å². The Kier molecular flexibility index (Phi) is 4.78. The predicted molar refractivity (Wildman–Crippen MR) is 62.0 cm³/mol. The Hall–Kier alpha value is -0.870. The highest BCUT2D eigenvalue weighted by Crippen LogP contribution is 2.24. The topological polar surface area (TPSA) is 55.9 Å². The van der Waals surface area contributed by atoms with Gasteiger partial charge in [-0.3, -0.25) is 16.0 Å². The van der Waals surface area contributed by atoms with Gasteiger partial charge in [0.2, 0.25) is 0 Å². The summed E-state index contributed by atoms with van der Waals surface area (Å²) in [6.07, 6.45) is 4.19. The maximum atomic E-state index is 5.63. The fourth-order valence-electron chi connectivity index (χ4n) is 2.03. The zero-order valence-electron chi connectivity index (χ0n) is 9.90. The Labute approximate surface area is 91.8 Å². The van der Waals surface area contributed by atoms with E-state index in [0.29, 0.717) is 5.92 Å². The van der Waals surface area contributed by atoms with Crippen molar-refractivity contribution in [3.05, 3.63) is 18.0 Å². The average Bonchev–Trinajstić information content (AvgIpc) is 2.67. The fraction of sp³-hybridized carbons (Fsp3) is 0.727. The van der Waals surface area contributed by atoms with Crippen molar-refractivity contribution in [3.8, 4) is 0 Å². The Morgan fingerprint density at radius 1 is 1.53 bits per heavy atom. The molecule has 4 heteroatoms. The molecule has 3 N–H and O–H groups in total. The monoisotopic (exact) mass is 210 g/mol. The molecule has 4 nitrogen and oxygen atoms in total. The van der Waals surface area contributed by atoms with Gasteiger partial charge in [0.25, 0.3) is 0 Å². The lowest BCUT2D eigenvalue weighted by molar-refractivity contribution is 0.347. The van der Waals surface area contributed by atoms with Gasteiger partial charge in [-0.2, -0.15) is 5.10 Å². The SMILES string of the molecule is CCCC(C)C(NN)c1ccnn1CC. The molecular formula is C11H22N4. The second-order valence-electron chi connectivity index (χ2n) is 3.98. The van der Waals surface area contributed by atoms with E-state index >= 15 is 0 Å². The number of nitrogens with two attached hydrogens (primary N) is 1. The predicted octanol–water partition coefficient (Wildman–Crippen LogP) is 1.84. The Bertz CT molecular complexity index is 282. The first-order valence-corrected chi connectivity index (χ1v) is 5.72. The van der Waals surface area contributed by atoms with Gasteiger partial charge in [-0.1, -0.05) is 20.3 Å². The number of nitrogens with one attached hydrogen (secondary N) is 1. The largest absolute Gasteiger partial charge is 0.271 e. The summed E-state index contributed by atoms with van der Waals surface area (Å²) in [5, 5.41) is 4.27. The molecule has 0 aliphatic carbocycles. The van der Waals surface area contributed by atoms with Crippen LogP contribution in [-0.4, -0.2) is 9.78 Å². The van der Waals surface area contributed by atoms with Crippen LogP contribution < -0.4 is 11.3 Å². The van der Waals surface area contributed by atoms with Gasteiger partial charge in [0.1, 0.15) is 0 Å². The Morgan fingerprint density at radius 3 is 2.80 bits per heavy atom. The first-order valence-electron chi connectivity index (χ1n) is 5.72. The highest BCUT2D eigenvalue weighted by molar-refractivity contribution is 5.07. The van der Waals surface area contributed by atoms with E-state index in [-0.39, 0.29) is 6.04 Å². The third kappa shape index (κ3) is 2.79. The molecule has 0 amide bonds. The van der Waals surface area contributed by atoms with Crippen LogP contribution >= 0.6 is 0 Å². The molecule has 1 aromatic heterocycles. The van der Waals surface area contributed by atoms with Gasteiger partial charge in [0.05, 0.1) is 11.7 Å². The first kappa shape index (κ1) is 12.2. The summed E-state index contributed by atoms with van der Waals surface area (Å²) in [5.74, 6) is 6.16. The molecule has 0 radical (unpaired) electrons. The van der Waals surface area contributed by atoms with Crippen molar-refractivity contribution in [2.45, 2.75) is 46.2 Å². The lowest BCUT2D eigenvalue weighted by Crippen LogP contribution is -2.34. The Balaban J connectivity index is 2.81. The highest BCUT2D eigenvalue weighted by atomic mass is 15.3. The van der Waals surface area contributed by atoms with Gasteiger partial charge in [-0.05, 0) is 25.3 Å². The molecular weight excluding hydrogens is 188 g/mol. The summed E-state index contributed by atoms with van der Waals surface area (Å²) in [7, 11) is 0. The summed E-state index contributed by atoms with van der Waals surface area (Å²) in [6, 6.07) is 2.24. The lowest BCUT2D eigenvalue weighted by atomic mass is 9.95. The van der Waals surface area contributed by atoms with Crippen molar-refractivity contribution >= 4 is 0 Å². The normalized spacial score (nSPS) is 15.2. The van der Waals surface area contributed by atoms with Crippen LogP contribution in [0.3, 0.4) is 0 Å². The second-order valence-corrected chi connectivity index (χ2v) is 3.98. The van der Waals surface area contributed by atoms with Gasteiger partial charge in [-0.15, -0.1) is 0 Å². The minimum absolute atomic E-state index is 0.201. The average molecular weight is 210 g/mol. The van der Waals surface area contributed by atoms with Gasteiger partial charge in [-0.25, -0.2) is 0 Å². The third-order valence-corrected chi connectivity index (χ3v) is 2.86. The molecule has 0 aliphatic rings. The Morgan fingerprint density at radius 2 is 2.27 bits per heavy atom. The molecule has 86 valence electrons. The minimum atomic E-state index is 0.201. The first-order chi connectivity index (χ1) is 7.24. The molecule has 0 aliphatic heterocycles. The van der Waals surface area contributed by atoms with E-state index in [4.69, 9.17) is 5.84 Å². The van der Waals surface area contributed by atoms with Crippen LogP contribution in [0.1, 0.15) is 45.3 Å². The molecule has 0 bridgehead atoms. The van der Waals surface area contributed by atoms with Crippen LogP contribution in [0.25, 0.3) is 0 Å². The standard InChI is InChI=1S/C11H22N4/c1-4-6-9(3)11(14-12)10-7-8-13-15(10)5-2/h7-9,11,14H,4-6,12H2,1-3H3. The van der Waals surface area contributed by atoms with E-state index in [1.165, 1.54) is 18.5 Å². The third-order valence-electron chi connectivity index (χ3n) is 2.86. The van der Waals surface area contributed by atoms with Crippen molar-refractivity contribution in [1.29, 1.82) is 0 Å². The number of aromatic nitrogens is 2. The molecule has 0 saturated heterocycles. The van der Waals surface area contributed by atoms with E-state index in [0.717, 1.165) is 6.54 Å². The molecule has 0 fully saturated rings.